The number of hydrogen-bond donors (Lipinski definition) is 0. The summed E-state index contributed by atoms with van der Waals surface area (Å²) in [6.45, 7) is 2.19. The van der Waals surface area contributed by atoms with Crippen molar-refractivity contribution in [3.05, 3.63) is 74.5 Å². The highest BCUT2D eigenvalue weighted by atomic mass is 32.2. The molecule has 0 aliphatic rings. The van der Waals surface area contributed by atoms with Gasteiger partial charge in [0.25, 0.3) is 3.57 Å². The first-order valence-electron chi connectivity index (χ1n) is 6.13. The predicted molar refractivity (Wildman–Crippen MR) is 89.2 cm³/mol. The SMILES string of the molecule is Cc1csc(=[P+](c2ccccc2)c2ccccc2)s1. The van der Waals surface area contributed by atoms with E-state index in [0.717, 1.165) is 0 Å². The standard InChI is InChI=1S/C16H14PS2/c1-13-12-18-16(19-13)17(14-8-4-2-5-9-14)15-10-6-3-7-11-15/h2-12H,1H3/q+1. The molecular formula is C16H14PS2+. The molecule has 0 atom stereocenters. The van der Waals surface area contributed by atoms with Crippen LogP contribution in [0.5, 0.6) is 0 Å². The Morgan fingerprint density at radius 1 is 0.789 bits per heavy atom. The van der Waals surface area contributed by atoms with Crippen molar-refractivity contribution in [2.75, 3.05) is 0 Å². The van der Waals surface area contributed by atoms with Gasteiger partial charge in [0.2, 0.25) is 0 Å². The zero-order chi connectivity index (χ0) is 13.1. The molecule has 0 radical (unpaired) electrons. The molecule has 0 saturated heterocycles. The summed E-state index contributed by atoms with van der Waals surface area (Å²) in [4.78, 5) is 1.40. The Balaban J connectivity index is 2.30. The van der Waals surface area contributed by atoms with Gasteiger partial charge < -0.3 is 0 Å². The second-order valence-corrected chi connectivity index (χ2v) is 9.37. The van der Waals surface area contributed by atoms with Gasteiger partial charge in [0.15, 0.2) is 18.2 Å². The second kappa shape index (κ2) is 5.83. The summed E-state index contributed by atoms with van der Waals surface area (Å²) in [5.74, 6) is 0. The molecule has 19 heavy (non-hydrogen) atoms. The van der Waals surface area contributed by atoms with E-state index in [9.17, 15) is 0 Å². The predicted octanol–water partition coefficient (Wildman–Crippen LogP) is 4.78. The van der Waals surface area contributed by atoms with Crippen molar-refractivity contribution in [3.8, 4) is 0 Å². The molecule has 3 rings (SSSR count). The van der Waals surface area contributed by atoms with Gasteiger partial charge in [-0.3, -0.25) is 0 Å². The van der Waals surface area contributed by atoms with E-state index in [1.165, 1.54) is 19.1 Å². The highest BCUT2D eigenvalue weighted by molar-refractivity contribution is 7.70. The molecule has 3 heteroatoms. The van der Waals surface area contributed by atoms with E-state index in [1.54, 1.807) is 0 Å². The lowest BCUT2D eigenvalue weighted by molar-refractivity contribution is 1.67. The molecule has 0 aliphatic heterocycles. The number of hydrogen-bond acceptors (Lipinski definition) is 2. The van der Waals surface area contributed by atoms with E-state index in [4.69, 9.17) is 0 Å². The van der Waals surface area contributed by atoms with Gasteiger partial charge in [-0.25, -0.2) is 0 Å². The van der Waals surface area contributed by atoms with E-state index in [-0.39, 0.29) is 7.55 Å². The quantitative estimate of drug-likeness (QED) is 0.597. The highest BCUT2D eigenvalue weighted by Gasteiger charge is 2.20. The van der Waals surface area contributed by atoms with Crippen LogP contribution in [0.3, 0.4) is 0 Å². The van der Waals surface area contributed by atoms with Crippen LogP contribution in [0.2, 0.25) is 0 Å². The van der Waals surface area contributed by atoms with Crippen molar-refractivity contribution in [2.24, 2.45) is 0 Å². The van der Waals surface area contributed by atoms with Crippen LogP contribution in [0, 0.1) is 10.5 Å². The van der Waals surface area contributed by atoms with E-state index in [2.05, 4.69) is 73.0 Å². The Morgan fingerprint density at radius 2 is 1.32 bits per heavy atom. The molecule has 0 N–H and O–H groups in total. The number of aryl methyl sites for hydroxylation is 1. The largest absolute Gasteiger partial charge is 0.262 e. The molecule has 0 saturated carbocycles. The summed E-state index contributed by atoms with van der Waals surface area (Å²) in [6.07, 6.45) is 0. The van der Waals surface area contributed by atoms with Crippen molar-refractivity contribution >= 4 is 40.8 Å². The minimum atomic E-state index is -0.388. The second-order valence-electron chi connectivity index (χ2n) is 4.22. The average Bonchev–Trinajstić information content (AvgIpc) is 2.88. The summed E-state index contributed by atoms with van der Waals surface area (Å²) in [6, 6.07) is 21.7. The molecule has 0 aliphatic carbocycles. The van der Waals surface area contributed by atoms with Crippen LogP contribution >= 0.6 is 30.2 Å². The third kappa shape index (κ3) is 2.87. The molecule has 0 spiro atoms. The molecular weight excluding hydrogens is 287 g/mol. The van der Waals surface area contributed by atoms with E-state index in [0.29, 0.717) is 0 Å². The Kier molecular flexibility index (Phi) is 3.93. The monoisotopic (exact) mass is 301 g/mol. The normalized spacial score (nSPS) is 10.4. The lowest BCUT2D eigenvalue weighted by atomic mass is 10.4. The van der Waals surface area contributed by atoms with E-state index < -0.39 is 0 Å². The lowest BCUT2D eigenvalue weighted by Gasteiger charge is -1.94. The summed E-state index contributed by atoms with van der Waals surface area (Å²) >= 11 is 3.83. The summed E-state index contributed by atoms with van der Waals surface area (Å²) in [5.41, 5.74) is 0. The Hall–Kier alpha value is -1.21. The minimum absolute atomic E-state index is 0.388. The average molecular weight is 301 g/mol. The maximum absolute atomic E-state index is 2.27. The fourth-order valence-electron chi connectivity index (χ4n) is 1.93. The first kappa shape index (κ1) is 12.8. The third-order valence-corrected chi connectivity index (χ3v) is 8.44. The molecule has 1 heterocycles. The summed E-state index contributed by atoms with van der Waals surface area (Å²) in [5, 5.41) is 5.13. The zero-order valence-electron chi connectivity index (χ0n) is 10.6. The van der Waals surface area contributed by atoms with Gasteiger partial charge in [-0.1, -0.05) is 59.1 Å². The van der Waals surface area contributed by atoms with Crippen molar-refractivity contribution in [2.45, 2.75) is 6.92 Å². The van der Waals surface area contributed by atoms with Gasteiger partial charge >= 0.3 is 0 Å². The molecule has 0 unspecified atom stereocenters. The third-order valence-electron chi connectivity index (χ3n) is 2.79. The topological polar surface area (TPSA) is 0 Å². The summed E-state index contributed by atoms with van der Waals surface area (Å²) in [7, 11) is -0.388. The van der Waals surface area contributed by atoms with Crippen molar-refractivity contribution < 1.29 is 0 Å². The van der Waals surface area contributed by atoms with Gasteiger partial charge in [-0.05, 0) is 31.2 Å². The molecule has 1 aromatic heterocycles. The van der Waals surface area contributed by atoms with Crippen LogP contribution in [0.15, 0.2) is 66.0 Å². The maximum atomic E-state index is 2.27. The smallest absolute Gasteiger partial charge is 0.0875 e. The zero-order valence-corrected chi connectivity index (χ0v) is 13.1. The van der Waals surface area contributed by atoms with Gasteiger partial charge in [0.05, 0.1) is 0 Å². The fourth-order valence-corrected chi connectivity index (χ4v) is 7.84. The fraction of sp³-hybridized carbons (Fsp3) is 0.0625. The van der Waals surface area contributed by atoms with Gasteiger partial charge in [-0.15, -0.1) is 0 Å². The first-order valence-corrected chi connectivity index (χ1v) is 9.17. The molecule has 94 valence electrons. The van der Waals surface area contributed by atoms with Gasteiger partial charge in [0, 0.05) is 10.3 Å². The van der Waals surface area contributed by atoms with E-state index >= 15 is 0 Å². The molecule has 0 amide bonds. The van der Waals surface area contributed by atoms with Crippen LogP contribution in [-0.4, -0.2) is 0 Å². The molecule has 0 nitrogen and oxygen atoms in total. The summed E-state index contributed by atoms with van der Waals surface area (Å²) < 4.78 is 1.52. The van der Waals surface area contributed by atoms with Crippen LogP contribution in [0.4, 0.5) is 0 Å². The molecule has 0 fully saturated rings. The lowest BCUT2D eigenvalue weighted by Crippen LogP contribution is -2.05. The van der Waals surface area contributed by atoms with Crippen molar-refractivity contribution in [1.82, 2.24) is 0 Å². The van der Waals surface area contributed by atoms with Gasteiger partial charge in [-0.2, -0.15) is 0 Å². The Labute approximate surface area is 122 Å². The molecule has 3 aromatic rings. The Bertz CT molecular complexity index is 682. The highest BCUT2D eigenvalue weighted by Crippen LogP contribution is 2.32. The van der Waals surface area contributed by atoms with Crippen LogP contribution in [0.25, 0.3) is 0 Å². The molecule has 0 bridgehead atoms. The number of benzene rings is 2. The first-order chi connectivity index (χ1) is 9.34. The van der Waals surface area contributed by atoms with Crippen molar-refractivity contribution in [3.63, 3.8) is 0 Å². The maximum Gasteiger partial charge on any atom is 0.262 e. The van der Waals surface area contributed by atoms with Crippen molar-refractivity contribution in [1.29, 1.82) is 0 Å². The van der Waals surface area contributed by atoms with Gasteiger partial charge in [0.1, 0.15) is 0 Å². The van der Waals surface area contributed by atoms with Crippen LogP contribution in [0.1, 0.15) is 4.88 Å². The van der Waals surface area contributed by atoms with E-state index in [1.807, 2.05) is 22.7 Å². The minimum Gasteiger partial charge on any atom is -0.0875 e. The molecule has 2 aromatic carbocycles. The van der Waals surface area contributed by atoms with Crippen LogP contribution in [-0.2, 0) is 0 Å². The Morgan fingerprint density at radius 3 is 1.74 bits per heavy atom. The number of rotatable bonds is 2. The van der Waals surface area contributed by atoms with Crippen LogP contribution < -0.4 is 10.6 Å².